The van der Waals surface area contributed by atoms with Crippen molar-refractivity contribution < 1.29 is 47.4 Å². The molecule has 0 saturated heterocycles. The summed E-state index contributed by atoms with van der Waals surface area (Å²) in [6.07, 6.45) is 0.877. The molecule has 0 radical (unpaired) electrons. The Morgan fingerprint density at radius 1 is 0.333 bits per heavy atom. The molecule has 0 fully saturated rings. The van der Waals surface area contributed by atoms with Gasteiger partial charge in [-0.1, -0.05) is 0 Å². The first-order valence-corrected chi connectivity index (χ1v) is 11.8. The molecule has 11 heteroatoms. The molecule has 2 N–H and O–H groups in total. The summed E-state index contributed by atoms with van der Waals surface area (Å²) in [5, 5.41) is 0. The highest BCUT2D eigenvalue weighted by atomic mass is 16.6. The second-order valence-electron chi connectivity index (χ2n) is 6.65. The van der Waals surface area contributed by atoms with E-state index in [0.29, 0.717) is 132 Å². The Morgan fingerprint density at radius 3 is 0.758 bits per heavy atom. The van der Waals surface area contributed by atoms with Crippen LogP contribution in [-0.4, -0.2) is 139 Å². The van der Waals surface area contributed by atoms with Gasteiger partial charge in [-0.3, -0.25) is 0 Å². The summed E-state index contributed by atoms with van der Waals surface area (Å²) in [6, 6.07) is 0. The van der Waals surface area contributed by atoms with Crippen LogP contribution in [0.25, 0.3) is 0 Å². The van der Waals surface area contributed by atoms with E-state index in [4.69, 9.17) is 53.1 Å². The molecule has 33 heavy (non-hydrogen) atoms. The van der Waals surface area contributed by atoms with Crippen LogP contribution in [0.5, 0.6) is 0 Å². The third-order valence-corrected chi connectivity index (χ3v) is 3.90. The molecule has 0 unspecified atom stereocenters. The maximum atomic E-state index is 5.44. The lowest BCUT2D eigenvalue weighted by Crippen LogP contribution is -2.15. The van der Waals surface area contributed by atoms with Gasteiger partial charge in [0.15, 0.2) is 0 Å². The topological polar surface area (TPSA) is 118 Å². The predicted octanol–water partition coefficient (Wildman–Crippen LogP) is 0.131. The fourth-order valence-corrected chi connectivity index (χ4v) is 2.19. The third-order valence-electron chi connectivity index (χ3n) is 3.90. The molecular formula is C22H47NO10. The Hall–Kier alpha value is -0.440. The summed E-state index contributed by atoms with van der Waals surface area (Å²) in [5.74, 6) is 0. The van der Waals surface area contributed by atoms with Gasteiger partial charge >= 0.3 is 0 Å². The zero-order chi connectivity index (χ0) is 23.9. The van der Waals surface area contributed by atoms with Crippen LogP contribution in [0.15, 0.2) is 0 Å². The average Bonchev–Trinajstić information content (AvgIpc) is 2.83. The Bertz CT molecular complexity index is 312. The lowest BCUT2D eigenvalue weighted by Gasteiger charge is -2.08. The van der Waals surface area contributed by atoms with Crippen molar-refractivity contribution >= 4 is 0 Å². The number of nitrogens with two attached hydrogens (primary N) is 1. The number of methoxy groups -OCH3 is 1. The minimum Gasteiger partial charge on any atom is -0.382 e. The summed E-state index contributed by atoms with van der Waals surface area (Å²) in [7, 11) is 1.65. The Labute approximate surface area is 199 Å². The van der Waals surface area contributed by atoms with Gasteiger partial charge in [0.05, 0.1) is 119 Å². The van der Waals surface area contributed by atoms with Crippen LogP contribution in [-0.2, 0) is 47.4 Å². The number of ether oxygens (including phenoxy) is 10. The smallest absolute Gasteiger partial charge is 0.0701 e. The number of rotatable bonds is 30. The maximum Gasteiger partial charge on any atom is 0.0701 e. The molecule has 200 valence electrons. The van der Waals surface area contributed by atoms with Gasteiger partial charge in [0.2, 0.25) is 0 Å². The van der Waals surface area contributed by atoms with Crippen molar-refractivity contribution in [3.8, 4) is 0 Å². The molecule has 0 aliphatic heterocycles. The van der Waals surface area contributed by atoms with Gasteiger partial charge in [0.1, 0.15) is 0 Å². The molecule has 0 spiro atoms. The standard InChI is InChI=1S/C22H47NO10/c1-24-5-6-26-9-10-28-13-14-30-17-18-32-21-22-33-20-19-31-16-15-29-12-11-27-8-7-25-4-2-3-23/h2-23H2,1H3. The molecule has 0 heterocycles. The SMILES string of the molecule is COCCOCCOCCOCCOCCOCCOCCOCCOCCOCCCN. The van der Waals surface area contributed by atoms with Crippen LogP contribution in [0.4, 0.5) is 0 Å². The first-order chi connectivity index (χ1) is 16.4. The van der Waals surface area contributed by atoms with Gasteiger partial charge in [-0.2, -0.15) is 0 Å². The fourth-order valence-electron chi connectivity index (χ4n) is 2.19. The van der Waals surface area contributed by atoms with Gasteiger partial charge < -0.3 is 53.1 Å². The van der Waals surface area contributed by atoms with E-state index in [1.807, 2.05) is 0 Å². The van der Waals surface area contributed by atoms with Gasteiger partial charge in [0.25, 0.3) is 0 Å². The summed E-state index contributed by atoms with van der Waals surface area (Å²) >= 11 is 0. The Kier molecular flexibility index (Phi) is 31.1. The van der Waals surface area contributed by atoms with Crippen LogP contribution >= 0.6 is 0 Å². The third kappa shape index (κ3) is 31.6. The summed E-state index contributed by atoms with van der Waals surface area (Å²) < 4.78 is 53.4. The molecule has 0 aromatic carbocycles. The largest absolute Gasteiger partial charge is 0.382 e. The highest BCUT2D eigenvalue weighted by Crippen LogP contribution is 1.86. The van der Waals surface area contributed by atoms with Crippen molar-refractivity contribution in [1.29, 1.82) is 0 Å². The second kappa shape index (κ2) is 31.6. The van der Waals surface area contributed by atoms with E-state index in [-0.39, 0.29) is 0 Å². The second-order valence-corrected chi connectivity index (χ2v) is 6.65. The highest BCUT2D eigenvalue weighted by molar-refractivity contribution is 4.39. The molecule has 0 rings (SSSR count). The minimum absolute atomic E-state index is 0.527. The van der Waals surface area contributed by atoms with Crippen LogP contribution in [0.3, 0.4) is 0 Å². The van der Waals surface area contributed by atoms with Gasteiger partial charge in [-0.25, -0.2) is 0 Å². The van der Waals surface area contributed by atoms with E-state index in [0.717, 1.165) is 6.42 Å². The number of hydrogen-bond donors (Lipinski definition) is 1. The van der Waals surface area contributed by atoms with E-state index in [9.17, 15) is 0 Å². The van der Waals surface area contributed by atoms with Crippen molar-refractivity contribution in [3.05, 3.63) is 0 Å². The molecule has 0 amide bonds. The summed E-state index contributed by atoms with van der Waals surface area (Å²) in [5.41, 5.74) is 5.38. The maximum absolute atomic E-state index is 5.44. The van der Waals surface area contributed by atoms with Gasteiger partial charge in [0, 0.05) is 13.7 Å². The van der Waals surface area contributed by atoms with Crippen molar-refractivity contribution in [2.24, 2.45) is 5.73 Å². The van der Waals surface area contributed by atoms with E-state index < -0.39 is 0 Å². The molecule has 0 aromatic rings. The van der Waals surface area contributed by atoms with Crippen LogP contribution in [0.2, 0.25) is 0 Å². The van der Waals surface area contributed by atoms with Crippen molar-refractivity contribution in [3.63, 3.8) is 0 Å². The molecule has 0 bridgehead atoms. The fraction of sp³-hybridized carbons (Fsp3) is 1.00. The van der Waals surface area contributed by atoms with Crippen molar-refractivity contribution in [1.82, 2.24) is 0 Å². The van der Waals surface area contributed by atoms with Crippen LogP contribution < -0.4 is 5.73 Å². The molecule has 0 aliphatic rings. The molecule has 0 aromatic heterocycles. The normalized spacial score (nSPS) is 11.5. The molecule has 0 atom stereocenters. The van der Waals surface area contributed by atoms with Crippen molar-refractivity contribution in [2.75, 3.05) is 139 Å². The average molecular weight is 486 g/mol. The lowest BCUT2D eigenvalue weighted by molar-refractivity contribution is -0.0258. The van der Waals surface area contributed by atoms with E-state index >= 15 is 0 Å². The lowest BCUT2D eigenvalue weighted by atomic mass is 10.5. The predicted molar refractivity (Wildman–Crippen MR) is 123 cm³/mol. The highest BCUT2D eigenvalue weighted by Gasteiger charge is 1.95. The first kappa shape index (κ1) is 32.6. The van der Waals surface area contributed by atoms with Gasteiger partial charge in [-0.05, 0) is 13.0 Å². The molecule has 0 saturated carbocycles. The number of hydrogen-bond acceptors (Lipinski definition) is 11. The summed E-state index contributed by atoms with van der Waals surface area (Å²) in [4.78, 5) is 0. The monoisotopic (exact) mass is 485 g/mol. The van der Waals surface area contributed by atoms with Crippen LogP contribution in [0, 0.1) is 0 Å². The first-order valence-electron chi connectivity index (χ1n) is 11.8. The quantitative estimate of drug-likeness (QED) is 0.140. The van der Waals surface area contributed by atoms with E-state index in [1.165, 1.54) is 0 Å². The van der Waals surface area contributed by atoms with Crippen LogP contribution in [0.1, 0.15) is 6.42 Å². The zero-order valence-corrected chi connectivity index (χ0v) is 20.5. The molecule has 0 aliphatic carbocycles. The van der Waals surface area contributed by atoms with E-state index in [1.54, 1.807) is 7.11 Å². The summed E-state index contributed by atoms with van der Waals surface area (Å²) in [6.45, 7) is 11.2. The Balaban J connectivity index is 2.99. The molecular weight excluding hydrogens is 438 g/mol. The minimum atomic E-state index is 0.527. The van der Waals surface area contributed by atoms with Gasteiger partial charge in [-0.15, -0.1) is 0 Å². The van der Waals surface area contributed by atoms with E-state index in [2.05, 4.69) is 0 Å². The van der Waals surface area contributed by atoms with Crippen molar-refractivity contribution in [2.45, 2.75) is 6.42 Å². The molecule has 11 nitrogen and oxygen atoms in total. The Morgan fingerprint density at radius 2 is 0.545 bits per heavy atom. The zero-order valence-electron chi connectivity index (χ0n) is 20.5.